The summed E-state index contributed by atoms with van der Waals surface area (Å²) in [5.41, 5.74) is -0.853. The number of hydrogen-bond donors (Lipinski definition) is 1. The molecule has 36 heavy (non-hydrogen) atoms. The molecular formula is C21H16F8N4O3. The average Bonchev–Trinajstić information content (AvgIpc) is 3.32. The molecule has 3 aromatic rings. The van der Waals surface area contributed by atoms with Gasteiger partial charge in [0.25, 0.3) is 5.91 Å². The van der Waals surface area contributed by atoms with Crippen molar-refractivity contribution in [3.05, 3.63) is 70.4 Å². The molecular weight excluding hydrogens is 508 g/mol. The van der Waals surface area contributed by atoms with Crippen LogP contribution in [0.3, 0.4) is 0 Å². The number of aromatic nitrogens is 2. The van der Waals surface area contributed by atoms with Crippen LogP contribution in [-0.4, -0.2) is 40.7 Å². The number of nitrogens with zero attached hydrogens (tertiary/aromatic N) is 3. The number of halogens is 8. The van der Waals surface area contributed by atoms with Crippen molar-refractivity contribution < 1.29 is 49.3 Å². The van der Waals surface area contributed by atoms with Gasteiger partial charge in [-0.25, -0.2) is 22.0 Å². The molecule has 0 aliphatic heterocycles. The summed E-state index contributed by atoms with van der Waals surface area (Å²) in [5, 5.41) is 6.85. The first-order valence-corrected chi connectivity index (χ1v) is 9.96. The Morgan fingerprint density at radius 3 is 2.11 bits per heavy atom. The molecule has 0 aliphatic carbocycles. The Hall–Kier alpha value is -3.59. The van der Waals surface area contributed by atoms with Crippen LogP contribution in [-0.2, 0) is 17.6 Å². The molecule has 0 fully saturated rings. The number of nitrogens with one attached hydrogen (secondary N) is 1. The van der Waals surface area contributed by atoms with Gasteiger partial charge in [0.15, 0.2) is 23.3 Å². The number of hydroxylamine groups is 2. The van der Waals surface area contributed by atoms with Crippen molar-refractivity contribution >= 4 is 5.91 Å². The zero-order valence-electron chi connectivity index (χ0n) is 18.4. The van der Waals surface area contributed by atoms with E-state index in [0.717, 1.165) is 5.06 Å². The quantitative estimate of drug-likeness (QED) is 0.200. The minimum absolute atomic E-state index is 0.0533. The normalized spacial score (nSPS) is 12.8. The Morgan fingerprint density at radius 2 is 1.58 bits per heavy atom. The summed E-state index contributed by atoms with van der Waals surface area (Å²) in [6.07, 6.45) is -4.80. The lowest BCUT2D eigenvalue weighted by molar-refractivity contribution is -0.159. The number of benzene rings is 2. The molecule has 3 rings (SSSR count). The van der Waals surface area contributed by atoms with Crippen LogP contribution < -0.4 is 5.32 Å². The molecule has 1 atom stereocenters. The monoisotopic (exact) mass is 524 g/mol. The van der Waals surface area contributed by atoms with E-state index in [1.165, 1.54) is 31.3 Å². The fraction of sp³-hybridized carbons (Fsp3) is 0.286. The Balaban J connectivity index is 1.55. The van der Waals surface area contributed by atoms with Gasteiger partial charge in [-0.15, -0.1) is 0 Å². The Labute approximate surface area is 197 Å². The van der Waals surface area contributed by atoms with Crippen molar-refractivity contribution in [2.24, 2.45) is 0 Å². The summed E-state index contributed by atoms with van der Waals surface area (Å²) in [6, 6.07) is 4.62. The van der Waals surface area contributed by atoms with Gasteiger partial charge in [0.05, 0.1) is 12.2 Å². The summed E-state index contributed by atoms with van der Waals surface area (Å²) >= 11 is 0. The van der Waals surface area contributed by atoms with Crippen molar-refractivity contribution in [1.82, 2.24) is 20.5 Å². The van der Waals surface area contributed by atoms with Gasteiger partial charge in [-0.05, 0) is 19.1 Å². The van der Waals surface area contributed by atoms with Gasteiger partial charge in [-0.2, -0.15) is 23.2 Å². The highest BCUT2D eigenvalue weighted by molar-refractivity contribution is 5.94. The number of alkyl halides is 3. The Kier molecular flexibility index (Phi) is 7.93. The Morgan fingerprint density at radius 1 is 1.03 bits per heavy atom. The number of hydrogen-bond acceptors (Lipinski definition) is 6. The van der Waals surface area contributed by atoms with Gasteiger partial charge in [-0.3, -0.25) is 9.63 Å². The van der Waals surface area contributed by atoms with E-state index in [9.17, 15) is 39.9 Å². The van der Waals surface area contributed by atoms with E-state index in [1.54, 1.807) is 6.92 Å². The SMILES string of the molecule is CC(CN(C)OCc1c(F)c(F)c(F)c(F)c1F)NC(=O)c1ccc(-c2noc(C(F)(F)F)n2)cc1. The maximum absolute atomic E-state index is 13.7. The second-order valence-corrected chi connectivity index (χ2v) is 7.51. The van der Waals surface area contributed by atoms with E-state index in [0.29, 0.717) is 0 Å². The fourth-order valence-corrected chi connectivity index (χ4v) is 2.97. The van der Waals surface area contributed by atoms with Crippen molar-refractivity contribution in [2.75, 3.05) is 13.6 Å². The van der Waals surface area contributed by atoms with E-state index >= 15 is 0 Å². The zero-order chi connectivity index (χ0) is 26.8. The number of likely N-dealkylation sites (N-methyl/N-ethyl adjacent to an activating group) is 1. The third kappa shape index (κ3) is 5.96. The third-order valence-electron chi connectivity index (χ3n) is 4.71. The number of rotatable bonds is 8. The second-order valence-electron chi connectivity index (χ2n) is 7.51. The van der Waals surface area contributed by atoms with E-state index in [1.807, 2.05) is 0 Å². The second kappa shape index (κ2) is 10.6. The maximum Gasteiger partial charge on any atom is 0.471 e. The van der Waals surface area contributed by atoms with E-state index in [4.69, 9.17) is 4.84 Å². The summed E-state index contributed by atoms with van der Waals surface area (Å²) < 4.78 is 109. The van der Waals surface area contributed by atoms with Gasteiger partial charge in [-0.1, -0.05) is 17.3 Å². The molecule has 1 aromatic heterocycles. The summed E-state index contributed by atoms with van der Waals surface area (Å²) in [4.78, 5) is 20.7. The number of amides is 1. The lowest BCUT2D eigenvalue weighted by Gasteiger charge is -2.22. The van der Waals surface area contributed by atoms with Crippen molar-refractivity contribution in [1.29, 1.82) is 0 Å². The van der Waals surface area contributed by atoms with Crippen LogP contribution >= 0.6 is 0 Å². The first-order valence-electron chi connectivity index (χ1n) is 9.96. The van der Waals surface area contributed by atoms with Crippen molar-refractivity contribution in [2.45, 2.75) is 25.7 Å². The molecule has 0 aliphatic rings. The van der Waals surface area contributed by atoms with Crippen LogP contribution in [0.25, 0.3) is 11.4 Å². The van der Waals surface area contributed by atoms with Gasteiger partial charge >= 0.3 is 12.1 Å². The van der Waals surface area contributed by atoms with Gasteiger partial charge in [0.2, 0.25) is 11.6 Å². The van der Waals surface area contributed by atoms with Gasteiger partial charge < -0.3 is 9.84 Å². The van der Waals surface area contributed by atoms with E-state index in [-0.39, 0.29) is 23.5 Å². The smallest absolute Gasteiger partial charge is 0.348 e. The number of carbonyl (C=O) groups excluding carboxylic acids is 1. The van der Waals surface area contributed by atoms with Crippen LogP contribution in [0.2, 0.25) is 0 Å². The fourth-order valence-electron chi connectivity index (χ4n) is 2.97. The van der Waals surface area contributed by atoms with Crippen molar-refractivity contribution in [3.63, 3.8) is 0 Å². The van der Waals surface area contributed by atoms with Crippen LogP contribution in [0.4, 0.5) is 35.1 Å². The molecule has 0 saturated carbocycles. The van der Waals surface area contributed by atoms with E-state index in [2.05, 4.69) is 20.0 Å². The summed E-state index contributed by atoms with van der Waals surface area (Å²) in [5.74, 6) is -12.9. The number of carbonyl (C=O) groups is 1. The molecule has 2 aromatic carbocycles. The molecule has 194 valence electrons. The molecule has 15 heteroatoms. The highest BCUT2D eigenvalue weighted by Crippen LogP contribution is 2.29. The molecule has 7 nitrogen and oxygen atoms in total. The summed E-state index contributed by atoms with van der Waals surface area (Å²) in [7, 11) is 1.31. The predicted molar refractivity (Wildman–Crippen MR) is 105 cm³/mol. The molecule has 0 saturated heterocycles. The maximum atomic E-state index is 13.7. The lowest BCUT2D eigenvalue weighted by atomic mass is 10.1. The van der Waals surface area contributed by atoms with Crippen LogP contribution in [0.5, 0.6) is 0 Å². The topological polar surface area (TPSA) is 80.5 Å². The molecule has 1 heterocycles. The molecule has 1 amide bonds. The zero-order valence-corrected chi connectivity index (χ0v) is 18.4. The lowest BCUT2D eigenvalue weighted by Crippen LogP contribution is -2.40. The predicted octanol–water partition coefficient (Wildman–Crippen LogP) is 4.63. The van der Waals surface area contributed by atoms with E-state index < -0.39 is 65.3 Å². The minimum atomic E-state index is -4.80. The molecule has 1 unspecified atom stereocenters. The highest BCUT2D eigenvalue weighted by atomic mass is 19.4. The van der Waals surface area contributed by atoms with Crippen LogP contribution in [0.15, 0.2) is 28.8 Å². The highest BCUT2D eigenvalue weighted by Gasteiger charge is 2.38. The Bertz CT molecular complexity index is 1220. The standard InChI is InChI=1S/C21H16F8N4O3/c1-9(7-33(2)35-8-12-13(22)15(24)17(26)16(25)14(12)23)30-19(34)11-5-3-10(4-6-11)18-31-20(36-32-18)21(27,28)29/h3-6,9H,7-8H2,1-2H3,(H,30,34). The first kappa shape index (κ1) is 27.0. The molecule has 0 bridgehead atoms. The summed E-state index contributed by atoms with van der Waals surface area (Å²) in [6.45, 7) is 0.529. The van der Waals surface area contributed by atoms with Gasteiger partial charge in [0, 0.05) is 30.8 Å². The third-order valence-corrected chi connectivity index (χ3v) is 4.71. The van der Waals surface area contributed by atoms with Crippen LogP contribution in [0, 0.1) is 29.1 Å². The molecule has 1 N–H and O–H groups in total. The molecule has 0 spiro atoms. The van der Waals surface area contributed by atoms with Gasteiger partial charge in [0.1, 0.15) is 0 Å². The average molecular weight is 524 g/mol. The first-order chi connectivity index (χ1) is 16.8. The molecule has 0 radical (unpaired) electrons. The largest absolute Gasteiger partial charge is 0.471 e. The minimum Gasteiger partial charge on any atom is -0.348 e. The van der Waals surface area contributed by atoms with Crippen molar-refractivity contribution in [3.8, 4) is 11.4 Å². The van der Waals surface area contributed by atoms with Crippen LogP contribution in [0.1, 0.15) is 28.7 Å².